The lowest BCUT2D eigenvalue weighted by Crippen LogP contribution is -2.34. The van der Waals surface area contributed by atoms with Crippen molar-refractivity contribution in [2.45, 2.75) is 110 Å². The second-order valence-corrected chi connectivity index (χ2v) is 7.25. The molecule has 0 heterocycles. The number of rotatable bonds is 19. The summed E-state index contributed by atoms with van der Waals surface area (Å²) in [5, 5.41) is 0. The third-order valence-corrected chi connectivity index (χ3v) is 4.44. The van der Waals surface area contributed by atoms with Crippen molar-refractivity contribution in [3.8, 4) is 0 Å². The topological polar surface area (TPSA) is 21.7 Å². The second kappa shape index (κ2) is 19.2. The van der Waals surface area contributed by atoms with Crippen LogP contribution in [0.25, 0.3) is 0 Å². The van der Waals surface area contributed by atoms with Gasteiger partial charge in [0.1, 0.15) is 0 Å². The van der Waals surface area contributed by atoms with Crippen molar-refractivity contribution in [1.82, 2.24) is 4.90 Å². The molecule has 0 aromatic carbocycles. The van der Waals surface area contributed by atoms with Gasteiger partial charge in [-0.2, -0.15) is 0 Å². The van der Waals surface area contributed by atoms with E-state index in [9.17, 15) is 0 Å². The SMILES string of the molecule is CCCCCCCCCOC(OCCCCCCCCC)N(C)C. The fraction of sp³-hybridized carbons (Fsp3) is 1.00. The van der Waals surface area contributed by atoms with Gasteiger partial charge in [-0.25, -0.2) is 0 Å². The molecule has 0 rings (SSSR count). The number of hydrogen-bond donors (Lipinski definition) is 0. The second-order valence-electron chi connectivity index (χ2n) is 7.25. The van der Waals surface area contributed by atoms with Gasteiger partial charge in [-0.05, 0) is 26.9 Å². The summed E-state index contributed by atoms with van der Waals surface area (Å²) in [6.45, 7) is 6.16. The Morgan fingerprint density at radius 2 is 0.875 bits per heavy atom. The molecule has 0 saturated heterocycles. The number of nitrogens with zero attached hydrogens (tertiary/aromatic N) is 1. The van der Waals surface area contributed by atoms with E-state index >= 15 is 0 Å². The molecule has 3 heteroatoms. The summed E-state index contributed by atoms with van der Waals surface area (Å²) in [5.74, 6) is 0. The molecule has 0 aromatic rings. The summed E-state index contributed by atoms with van der Waals surface area (Å²) < 4.78 is 11.8. The van der Waals surface area contributed by atoms with Crippen LogP contribution in [-0.2, 0) is 9.47 Å². The van der Waals surface area contributed by atoms with Crippen molar-refractivity contribution >= 4 is 0 Å². The molecule has 146 valence electrons. The Labute approximate surface area is 152 Å². The first-order chi connectivity index (χ1) is 11.7. The van der Waals surface area contributed by atoms with Crippen LogP contribution in [0.2, 0.25) is 0 Å². The third-order valence-electron chi connectivity index (χ3n) is 4.44. The van der Waals surface area contributed by atoms with E-state index in [0.29, 0.717) is 0 Å². The van der Waals surface area contributed by atoms with E-state index in [1.807, 2.05) is 19.0 Å². The molecule has 0 N–H and O–H groups in total. The van der Waals surface area contributed by atoms with Crippen LogP contribution in [0.4, 0.5) is 0 Å². The van der Waals surface area contributed by atoms with Crippen molar-refractivity contribution in [3.63, 3.8) is 0 Å². The van der Waals surface area contributed by atoms with E-state index in [1.165, 1.54) is 77.0 Å². The lowest BCUT2D eigenvalue weighted by Gasteiger charge is -2.24. The van der Waals surface area contributed by atoms with Gasteiger partial charge in [0, 0.05) is 0 Å². The first-order valence-corrected chi connectivity index (χ1v) is 10.6. The van der Waals surface area contributed by atoms with E-state index < -0.39 is 0 Å². The number of ether oxygens (including phenoxy) is 2. The summed E-state index contributed by atoms with van der Waals surface area (Å²) in [5.41, 5.74) is 0. The molecule has 0 bridgehead atoms. The van der Waals surface area contributed by atoms with Gasteiger partial charge < -0.3 is 9.47 Å². The van der Waals surface area contributed by atoms with E-state index in [1.54, 1.807) is 0 Å². The molecule has 3 nitrogen and oxygen atoms in total. The molecule has 0 spiro atoms. The van der Waals surface area contributed by atoms with Crippen LogP contribution >= 0.6 is 0 Å². The lowest BCUT2D eigenvalue weighted by molar-refractivity contribution is -0.212. The van der Waals surface area contributed by atoms with Gasteiger partial charge in [0.25, 0.3) is 0 Å². The van der Waals surface area contributed by atoms with Crippen LogP contribution in [0.15, 0.2) is 0 Å². The maximum Gasteiger partial charge on any atom is 0.218 e. The van der Waals surface area contributed by atoms with E-state index in [4.69, 9.17) is 9.47 Å². The van der Waals surface area contributed by atoms with Gasteiger partial charge in [0.15, 0.2) is 0 Å². The molecule has 0 radical (unpaired) electrons. The van der Waals surface area contributed by atoms with Crippen LogP contribution in [0.3, 0.4) is 0 Å². The highest BCUT2D eigenvalue weighted by molar-refractivity contribution is 4.48. The van der Waals surface area contributed by atoms with Gasteiger partial charge in [-0.15, -0.1) is 0 Å². The summed E-state index contributed by atoms with van der Waals surface area (Å²) in [4.78, 5) is 2.03. The highest BCUT2D eigenvalue weighted by atomic mass is 16.7. The first-order valence-electron chi connectivity index (χ1n) is 10.6. The molecule has 0 aliphatic carbocycles. The monoisotopic (exact) mass is 343 g/mol. The third kappa shape index (κ3) is 16.7. The summed E-state index contributed by atoms with van der Waals surface area (Å²) in [6.07, 6.45) is 18.3. The number of unbranched alkanes of at least 4 members (excludes halogenated alkanes) is 12. The van der Waals surface area contributed by atoms with Crippen LogP contribution < -0.4 is 0 Å². The summed E-state index contributed by atoms with van der Waals surface area (Å²) in [7, 11) is 4.06. The molecule has 0 saturated carbocycles. The van der Waals surface area contributed by atoms with Crippen molar-refractivity contribution in [2.24, 2.45) is 0 Å². The molecule has 0 fully saturated rings. The molecular weight excluding hydrogens is 298 g/mol. The Kier molecular flexibility index (Phi) is 19.1. The minimum absolute atomic E-state index is 0.176. The predicted molar refractivity (Wildman–Crippen MR) is 105 cm³/mol. The zero-order valence-electron chi connectivity index (χ0n) is 17.2. The van der Waals surface area contributed by atoms with Crippen molar-refractivity contribution in [3.05, 3.63) is 0 Å². The van der Waals surface area contributed by atoms with Gasteiger partial charge in [-0.3, -0.25) is 4.90 Å². The van der Waals surface area contributed by atoms with Crippen LogP contribution in [0.5, 0.6) is 0 Å². The van der Waals surface area contributed by atoms with Gasteiger partial charge >= 0.3 is 0 Å². The Morgan fingerprint density at radius 1 is 0.542 bits per heavy atom. The normalized spacial score (nSPS) is 11.8. The zero-order valence-corrected chi connectivity index (χ0v) is 17.2. The molecule has 0 amide bonds. The predicted octanol–water partition coefficient (Wildman–Crippen LogP) is 6.37. The summed E-state index contributed by atoms with van der Waals surface area (Å²) >= 11 is 0. The zero-order chi connectivity index (χ0) is 17.9. The van der Waals surface area contributed by atoms with Crippen LogP contribution in [-0.4, -0.2) is 38.6 Å². The maximum absolute atomic E-state index is 5.89. The molecular formula is C21H45NO2. The largest absolute Gasteiger partial charge is 0.340 e. The molecule has 0 aromatic heterocycles. The van der Waals surface area contributed by atoms with Crippen LogP contribution in [0, 0.1) is 0 Å². The van der Waals surface area contributed by atoms with Crippen molar-refractivity contribution in [2.75, 3.05) is 27.3 Å². The molecule has 0 atom stereocenters. The first kappa shape index (κ1) is 23.9. The molecule has 0 unspecified atom stereocenters. The fourth-order valence-electron chi connectivity index (χ4n) is 2.83. The highest BCUT2D eigenvalue weighted by Crippen LogP contribution is 2.10. The average molecular weight is 344 g/mol. The Hall–Kier alpha value is -0.120. The maximum atomic E-state index is 5.89. The standard InChI is InChI=1S/C21H45NO2/c1-5-7-9-11-13-15-17-19-23-21(22(3)4)24-20-18-16-14-12-10-8-6-2/h21H,5-20H2,1-4H3. The average Bonchev–Trinajstić information content (AvgIpc) is 2.57. The summed E-state index contributed by atoms with van der Waals surface area (Å²) in [6, 6.07) is 0. The Morgan fingerprint density at radius 3 is 1.21 bits per heavy atom. The van der Waals surface area contributed by atoms with Gasteiger partial charge in [0.05, 0.1) is 13.2 Å². The van der Waals surface area contributed by atoms with E-state index in [-0.39, 0.29) is 6.41 Å². The quantitative estimate of drug-likeness (QED) is 0.201. The van der Waals surface area contributed by atoms with Crippen LogP contribution in [0.1, 0.15) is 104 Å². The van der Waals surface area contributed by atoms with Gasteiger partial charge in [-0.1, -0.05) is 90.9 Å². The smallest absolute Gasteiger partial charge is 0.218 e. The van der Waals surface area contributed by atoms with Crippen molar-refractivity contribution in [1.29, 1.82) is 0 Å². The molecule has 0 aliphatic heterocycles. The van der Waals surface area contributed by atoms with E-state index in [2.05, 4.69) is 13.8 Å². The minimum Gasteiger partial charge on any atom is -0.340 e. The number of hydrogen-bond acceptors (Lipinski definition) is 3. The van der Waals surface area contributed by atoms with Gasteiger partial charge in [0.2, 0.25) is 6.41 Å². The van der Waals surface area contributed by atoms with Crippen molar-refractivity contribution < 1.29 is 9.47 Å². The Bertz CT molecular complexity index is 214. The molecule has 24 heavy (non-hydrogen) atoms. The highest BCUT2D eigenvalue weighted by Gasteiger charge is 2.11. The minimum atomic E-state index is -0.176. The molecule has 0 aliphatic rings. The fourth-order valence-corrected chi connectivity index (χ4v) is 2.83. The lowest BCUT2D eigenvalue weighted by atomic mass is 10.1. The van der Waals surface area contributed by atoms with E-state index in [0.717, 1.165) is 26.1 Å². The Balaban J connectivity index is 3.47.